The Morgan fingerprint density at radius 3 is 1.85 bits per heavy atom. The van der Waals surface area contributed by atoms with Gasteiger partial charge < -0.3 is 14.1 Å². The molecule has 0 aliphatic carbocycles. The van der Waals surface area contributed by atoms with Gasteiger partial charge in [0, 0.05) is 5.56 Å². The van der Waals surface area contributed by atoms with Crippen molar-refractivity contribution in [3.63, 3.8) is 0 Å². The fourth-order valence-electron chi connectivity index (χ4n) is 4.56. The van der Waals surface area contributed by atoms with E-state index in [2.05, 4.69) is 67.7 Å². The van der Waals surface area contributed by atoms with Gasteiger partial charge in [0.2, 0.25) is 0 Å². The summed E-state index contributed by atoms with van der Waals surface area (Å²) < 4.78 is 59.8. The van der Waals surface area contributed by atoms with Crippen LogP contribution in [0.15, 0.2) is 91.0 Å². The van der Waals surface area contributed by atoms with Crippen LogP contribution in [-0.2, 0) is 16.7 Å². The SMILES string of the molecule is C[N@+]1(Cc2ccccc2)C[C@@H](c2ccccc2)[C@@H]1[C@@H](O)c1ccccc1.O=S(=O)([O-])C(F)(F)F. The van der Waals surface area contributed by atoms with Crippen molar-refractivity contribution < 1.29 is 35.7 Å². The molecule has 1 saturated heterocycles. The Morgan fingerprint density at radius 2 is 1.38 bits per heavy atom. The van der Waals surface area contributed by atoms with Crippen LogP contribution in [0.5, 0.6) is 0 Å². The van der Waals surface area contributed by atoms with Gasteiger partial charge in [-0.05, 0) is 11.1 Å². The minimum absolute atomic E-state index is 0.153. The molecule has 4 atom stereocenters. The van der Waals surface area contributed by atoms with Crippen LogP contribution in [0.4, 0.5) is 13.2 Å². The highest BCUT2D eigenvalue weighted by Gasteiger charge is 2.55. The van der Waals surface area contributed by atoms with Crippen molar-refractivity contribution in [2.24, 2.45) is 0 Å². The molecule has 1 aliphatic heterocycles. The largest absolute Gasteiger partial charge is 0.741 e. The van der Waals surface area contributed by atoms with Gasteiger partial charge >= 0.3 is 5.51 Å². The number of likely N-dealkylation sites (N-methyl/N-ethyl adjacent to an activating group) is 1. The Balaban J connectivity index is 0.000000350. The molecule has 3 aromatic rings. The summed E-state index contributed by atoms with van der Waals surface area (Å²) in [7, 11) is -3.81. The van der Waals surface area contributed by atoms with Crippen molar-refractivity contribution in [1.82, 2.24) is 0 Å². The summed E-state index contributed by atoms with van der Waals surface area (Å²) in [5.41, 5.74) is -1.98. The maximum Gasteiger partial charge on any atom is 0.485 e. The van der Waals surface area contributed by atoms with E-state index < -0.39 is 21.7 Å². The van der Waals surface area contributed by atoms with E-state index in [1.54, 1.807) is 0 Å². The molecule has 0 unspecified atom stereocenters. The maximum absolute atomic E-state index is 11.3. The van der Waals surface area contributed by atoms with E-state index in [-0.39, 0.29) is 6.04 Å². The Kier molecular flexibility index (Phi) is 7.82. The van der Waals surface area contributed by atoms with Gasteiger partial charge in [-0.2, -0.15) is 13.2 Å². The van der Waals surface area contributed by atoms with Crippen molar-refractivity contribution in [1.29, 1.82) is 0 Å². The first-order valence-electron chi connectivity index (χ1n) is 10.6. The number of aliphatic hydroxyl groups excluding tert-OH is 1. The Labute approximate surface area is 197 Å². The molecule has 0 amide bonds. The molecular formula is C25H26F3NO4S. The second kappa shape index (κ2) is 10.3. The van der Waals surface area contributed by atoms with Gasteiger partial charge in [0.1, 0.15) is 18.7 Å². The van der Waals surface area contributed by atoms with Crippen LogP contribution in [-0.4, -0.2) is 47.7 Å². The zero-order chi connectivity index (χ0) is 25.0. The molecule has 182 valence electrons. The summed E-state index contributed by atoms with van der Waals surface area (Å²) in [6.45, 7) is 1.99. The first kappa shape index (κ1) is 25.9. The monoisotopic (exact) mass is 493 g/mol. The van der Waals surface area contributed by atoms with Gasteiger partial charge in [0.15, 0.2) is 10.1 Å². The van der Waals surface area contributed by atoms with Crippen LogP contribution >= 0.6 is 0 Å². The highest BCUT2D eigenvalue weighted by Crippen LogP contribution is 2.46. The lowest BCUT2D eigenvalue weighted by atomic mass is 9.75. The second-order valence-corrected chi connectivity index (χ2v) is 9.94. The fourth-order valence-corrected chi connectivity index (χ4v) is 4.56. The standard InChI is InChI=1S/C24H26NO.CHF3O3S/c1-25(17-19-11-5-2-6-12-19)18-22(20-13-7-3-8-14-20)23(25)24(26)21-15-9-4-10-16-21;2-1(3,4)8(5,6)7/h2-16,22-24,26H,17-18H2,1H3;(H,5,6,7)/q+1;/p-1/t22-,23+,24-,25-;/m0./s1. The average molecular weight is 494 g/mol. The van der Waals surface area contributed by atoms with Crippen molar-refractivity contribution in [2.45, 2.75) is 30.1 Å². The van der Waals surface area contributed by atoms with Gasteiger partial charge in [0.25, 0.3) is 0 Å². The third-order valence-electron chi connectivity index (χ3n) is 6.11. The normalized spacial score (nSPS) is 23.2. The van der Waals surface area contributed by atoms with Crippen LogP contribution in [0, 0.1) is 0 Å². The predicted molar refractivity (Wildman–Crippen MR) is 121 cm³/mol. The van der Waals surface area contributed by atoms with E-state index in [4.69, 9.17) is 13.0 Å². The molecule has 9 heteroatoms. The number of hydrogen-bond acceptors (Lipinski definition) is 4. The molecule has 0 bridgehead atoms. The summed E-state index contributed by atoms with van der Waals surface area (Å²) in [6, 6.07) is 31.5. The van der Waals surface area contributed by atoms with Gasteiger partial charge in [-0.1, -0.05) is 91.0 Å². The van der Waals surface area contributed by atoms with Crippen molar-refractivity contribution in [3.8, 4) is 0 Å². The lowest BCUT2D eigenvalue weighted by molar-refractivity contribution is -0.993. The highest BCUT2D eigenvalue weighted by molar-refractivity contribution is 7.86. The van der Waals surface area contributed by atoms with Crippen LogP contribution in [0.2, 0.25) is 0 Å². The third-order valence-corrected chi connectivity index (χ3v) is 6.68. The Hall–Kier alpha value is -2.72. The molecule has 0 spiro atoms. The number of nitrogens with zero attached hydrogens (tertiary/aromatic N) is 1. The van der Waals surface area contributed by atoms with Crippen molar-refractivity contribution in [2.75, 3.05) is 13.6 Å². The van der Waals surface area contributed by atoms with Crippen LogP contribution in [0.3, 0.4) is 0 Å². The summed E-state index contributed by atoms with van der Waals surface area (Å²) in [6.07, 6.45) is -0.469. The summed E-state index contributed by atoms with van der Waals surface area (Å²) in [5, 5.41) is 11.3. The Bertz CT molecular complexity index is 1120. The van der Waals surface area contributed by atoms with Crippen LogP contribution < -0.4 is 0 Å². The quantitative estimate of drug-likeness (QED) is 0.321. The maximum atomic E-state index is 11.3. The summed E-state index contributed by atoms with van der Waals surface area (Å²) in [4.78, 5) is 0. The minimum atomic E-state index is -6.09. The topological polar surface area (TPSA) is 77.4 Å². The van der Waals surface area contributed by atoms with Gasteiger partial charge in [-0.3, -0.25) is 0 Å². The van der Waals surface area contributed by atoms with E-state index in [0.29, 0.717) is 5.92 Å². The molecule has 0 aromatic heterocycles. The van der Waals surface area contributed by atoms with E-state index >= 15 is 0 Å². The van der Waals surface area contributed by atoms with Gasteiger partial charge in [-0.25, -0.2) is 8.42 Å². The molecule has 1 aliphatic rings. The fraction of sp³-hybridized carbons (Fsp3) is 0.280. The number of halogens is 3. The minimum Gasteiger partial charge on any atom is -0.741 e. The molecule has 1 N–H and O–H groups in total. The average Bonchev–Trinajstić information content (AvgIpc) is 2.78. The van der Waals surface area contributed by atoms with Gasteiger partial charge in [0.05, 0.1) is 19.5 Å². The van der Waals surface area contributed by atoms with E-state index in [0.717, 1.165) is 23.1 Å². The third kappa shape index (κ3) is 6.04. The first-order chi connectivity index (χ1) is 15.9. The number of hydrogen-bond donors (Lipinski definition) is 1. The molecule has 0 radical (unpaired) electrons. The molecule has 1 heterocycles. The molecule has 34 heavy (non-hydrogen) atoms. The van der Waals surface area contributed by atoms with E-state index in [1.807, 2.05) is 30.3 Å². The highest BCUT2D eigenvalue weighted by atomic mass is 32.2. The zero-order valence-corrected chi connectivity index (χ0v) is 19.3. The van der Waals surface area contributed by atoms with E-state index in [9.17, 15) is 18.3 Å². The molecule has 0 saturated carbocycles. The first-order valence-corrected chi connectivity index (χ1v) is 12.0. The summed E-state index contributed by atoms with van der Waals surface area (Å²) >= 11 is 0. The molecule has 1 fully saturated rings. The van der Waals surface area contributed by atoms with Crippen molar-refractivity contribution >= 4 is 10.1 Å². The summed E-state index contributed by atoms with van der Waals surface area (Å²) in [5.74, 6) is 0.375. The number of benzene rings is 3. The van der Waals surface area contributed by atoms with E-state index in [1.165, 1.54) is 11.1 Å². The Morgan fingerprint density at radius 1 is 0.941 bits per heavy atom. The number of quaternary nitrogens is 1. The number of likely N-dealkylation sites (tertiary alicyclic amines) is 1. The second-order valence-electron chi connectivity index (χ2n) is 8.57. The van der Waals surface area contributed by atoms with Crippen molar-refractivity contribution in [3.05, 3.63) is 108 Å². The lowest BCUT2D eigenvalue weighted by Crippen LogP contribution is -2.68. The predicted octanol–water partition coefficient (Wildman–Crippen LogP) is 4.58. The van der Waals surface area contributed by atoms with Crippen LogP contribution in [0.1, 0.15) is 28.7 Å². The van der Waals surface area contributed by atoms with Crippen LogP contribution in [0.25, 0.3) is 0 Å². The number of alkyl halides is 3. The lowest BCUT2D eigenvalue weighted by Gasteiger charge is -2.56. The number of aliphatic hydroxyl groups is 1. The number of rotatable bonds is 5. The van der Waals surface area contributed by atoms with Gasteiger partial charge in [-0.15, -0.1) is 0 Å². The molecule has 5 nitrogen and oxygen atoms in total. The smallest absolute Gasteiger partial charge is 0.485 e. The molecule has 4 rings (SSSR count). The zero-order valence-electron chi connectivity index (χ0n) is 18.5. The molecular weight excluding hydrogens is 467 g/mol. The molecule has 3 aromatic carbocycles.